The lowest BCUT2D eigenvalue weighted by Crippen LogP contribution is -2.34. The van der Waals surface area contributed by atoms with Crippen molar-refractivity contribution in [3.8, 4) is 55.6 Å². The highest BCUT2D eigenvalue weighted by Gasteiger charge is 2.49. The first-order valence-corrected chi connectivity index (χ1v) is 49.7. The highest BCUT2D eigenvalue weighted by atomic mass is 15.1. The van der Waals surface area contributed by atoms with Gasteiger partial charge in [-0.05, 0) is 246 Å². The number of rotatable bonds is 8. The van der Waals surface area contributed by atoms with E-state index in [9.17, 15) is 0 Å². The summed E-state index contributed by atoms with van der Waals surface area (Å²) in [6.07, 6.45) is 5.43. The van der Waals surface area contributed by atoms with Crippen LogP contribution in [0.25, 0.3) is 55.6 Å². The molecular weight excluding hydrogens is 1520 g/mol. The third-order valence-electron chi connectivity index (χ3n) is 21.3. The molecule has 1 spiro atoms. The van der Waals surface area contributed by atoms with Crippen molar-refractivity contribution < 1.29 is 0 Å². The van der Waals surface area contributed by atoms with Gasteiger partial charge in [-0.2, -0.15) is 0 Å². The maximum Gasteiger partial charge on any atom is 0.0719 e. The van der Waals surface area contributed by atoms with Crippen LogP contribution in [0.2, 0.25) is 0 Å². The Kier molecular flexibility index (Phi) is 72.4. The predicted octanol–water partition coefficient (Wildman–Crippen LogP) is 35.1. The van der Waals surface area contributed by atoms with Gasteiger partial charge in [0.1, 0.15) is 0 Å². The predicted molar refractivity (Wildman–Crippen MR) is 577 cm³/mol. The van der Waals surface area contributed by atoms with Gasteiger partial charge in [0.25, 0.3) is 0 Å². The van der Waals surface area contributed by atoms with Crippen molar-refractivity contribution in [2.24, 2.45) is 0 Å². The summed E-state index contributed by atoms with van der Waals surface area (Å²) in [5.74, 6) is 0. The average molecular weight is 1700 g/mol. The molecule has 0 aliphatic heterocycles. The zero-order valence-corrected chi connectivity index (χ0v) is 87.2. The molecule has 4 heteroatoms. The Morgan fingerprint density at radius 1 is 0.151 bits per heavy atom. The molecule has 0 N–H and O–H groups in total. The van der Waals surface area contributed by atoms with E-state index in [1.54, 1.807) is 0 Å². The third-order valence-corrected chi connectivity index (χ3v) is 21.3. The molecule has 0 amide bonds. The topological polar surface area (TPSA) is 13.0 Å². The summed E-state index contributed by atoms with van der Waals surface area (Å²) >= 11 is 0. The first-order chi connectivity index (χ1) is 61.9. The molecule has 18 rings (SSSR count). The smallest absolute Gasteiger partial charge is 0.0719 e. The van der Waals surface area contributed by atoms with E-state index in [4.69, 9.17) is 0 Å². The van der Waals surface area contributed by atoms with Crippen LogP contribution in [0.1, 0.15) is 299 Å². The van der Waals surface area contributed by atoms with Crippen molar-refractivity contribution in [1.29, 1.82) is 0 Å². The van der Waals surface area contributed by atoms with Gasteiger partial charge in [0, 0.05) is 0 Å². The fourth-order valence-corrected chi connectivity index (χ4v) is 14.5. The van der Waals surface area contributed by atoms with E-state index in [0.717, 1.165) is 84.5 Å². The van der Waals surface area contributed by atoms with E-state index in [1.165, 1.54) is 134 Å². The maximum absolute atomic E-state index is 2.34. The molecule has 0 aromatic heterocycles. The number of hydrogen-bond donors (Lipinski definition) is 0. The zero-order valence-electron chi connectivity index (χ0n) is 87.2. The Morgan fingerprint density at radius 2 is 0.262 bits per heavy atom. The molecule has 690 valence electrons. The Balaban J connectivity index is -0.00000136. The number of fused-ring (bicyclic) bond motifs is 21. The van der Waals surface area contributed by atoms with Crippen LogP contribution in [0.3, 0.4) is 0 Å². The van der Waals surface area contributed by atoms with Crippen LogP contribution < -0.4 is 0 Å². The highest BCUT2D eigenvalue weighted by Crippen LogP contribution is 2.59. The molecule has 0 saturated heterocycles. The molecule has 0 radical (unpaired) electrons. The fourth-order valence-electron chi connectivity index (χ4n) is 14.5. The number of benzene rings is 12. The van der Waals surface area contributed by atoms with Gasteiger partial charge in [0.2, 0.25) is 0 Å². The molecule has 6 aliphatic rings. The lowest BCUT2D eigenvalue weighted by Gasteiger charge is -2.40. The van der Waals surface area contributed by atoms with Crippen LogP contribution in [0.5, 0.6) is 0 Å². The average Bonchev–Trinajstić information content (AvgIpc) is 1.51. The summed E-state index contributed by atoms with van der Waals surface area (Å²) in [4.78, 5) is 9.00. The molecule has 0 bridgehead atoms. The van der Waals surface area contributed by atoms with E-state index in [2.05, 4.69) is 394 Å². The first kappa shape index (κ1) is 121. The third kappa shape index (κ3) is 36.0. The van der Waals surface area contributed by atoms with Crippen LogP contribution in [0, 0.1) is 0 Å². The number of nitrogens with zero attached hydrogens (tertiary/aromatic N) is 4. The SMILES string of the molecule is CC.CC.CC.CC.CC.CC.CC.CC.CC.CC.CC.CC.CCN(C)CC.CCN(C)CC.CCN(C)CC.CCN(C)CC.c1ccc2c(c1)Cc1ccccc1-2.c1ccc2c(c1)Cc1ccccc1-2.c1ccc2c(c1)Cc1ccccc1-2.c1ccc2c(c1)Cc1ccccc1-2.c1ccc2c(c1)Cc1ccccc1C21c2ccccc2-c2ccccc21. The molecule has 0 unspecified atom stereocenters. The van der Waals surface area contributed by atoms with E-state index in [1.807, 2.05) is 166 Å². The van der Waals surface area contributed by atoms with Gasteiger partial charge >= 0.3 is 0 Å². The van der Waals surface area contributed by atoms with Crippen LogP contribution in [0.15, 0.2) is 291 Å². The molecule has 12 aromatic rings. The Labute approximate surface area is 778 Å². The minimum atomic E-state index is -0.196. The van der Waals surface area contributed by atoms with Crippen molar-refractivity contribution >= 4 is 0 Å². The second-order valence-electron chi connectivity index (χ2n) is 27.3. The molecule has 0 atom stereocenters. The number of hydrogen-bond acceptors (Lipinski definition) is 4. The van der Waals surface area contributed by atoms with Crippen molar-refractivity contribution in [1.82, 2.24) is 19.6 Å². The lowest BCUT2D eigenvalue weighted by atomic mass is 9.61. The van der Waals surface area contributed by atoms with Gasteiger partial charge in [0.05, 0.1) is 5.41 Å². The molecule has 0 fully saturated rings. The van der Waals surface area contributed by atoms with Gasteiger partial charge in [0.15, 0.2) is 0 Å². The molecule has 12 aromatic carbocycles. The van der Waals surface area contributed by atoms with E-state index in [-0.39, 0.29) is 5.41 Å². The second kappa shape index (κ2) is 75.6. The van der Waals surface area contributed by atoms with E-state index >= 15 is 0 Å². The first-order valence-electron chi connectivity index (χ1n) is 49.7. The minimum Gasteiger partial charge on any atom is -0.307 e. The largest absolute Gasteiger partial charge is 0.307 e. The van der Waals surface area contributed by atoms with Crippen LogP contribution in [0.4, 0.5) is 0 Å². The zero-order chi connectivity index (χ0) is 95.8. The summed E-state index contributed by atoms with van der Waals surface area (Å²) in [5.41, 5.74) is 34.2. The standard InChI is InChI=1S/C26H18.4C13H10.4C5H13N.12C2H6/c1-5-13-22-18(9-1)17-19-10-2-6-14-23(19)26(22)24-15-7-3-11-20(24)21-12-4-8-16-25(21)26;4*1-3-7-12-10(5-1)9-11-6-2-4-8-13(11)12;4*1-4-6(3)5-2;12*1-2/h1-16H,17H2;4*1-8H,9H2;4*4-5H2,1-3H3;12*1-2H3. The van der Waals surface area contributed by atoms with Crippen LogP contribution in [-0.4, -0.2) is 100 Å². The van der Waals surface area contributed by atoms with E-state index in [0.29, 0.717) is 0 Å². The minimum absolute atomic E-state index is 0.196. The maximum atomic E-state index is 2.34. The van der Waals surface area contributed by atoms with Crippen LogP contribution in [-0.2, 0) is 37.5 Å². The van der Waals surface area contributed by atoms with E-state index < -0.39 is 0 Å². The van der Waals surface area contributed by atoms with Gasteiger partial charge in [-0.25, -0.2) is 0 Å². The Morgan fingerprint density at radius 3 is 0.405 bits per heavy atom. The molecular formula is C122H182N4. The van der Waals surface area contributed by atoms with Crippen molar-refractivity contribution in [3.63, 3.8) is 0 Å². The summed E-state index contributed by atoms with van der Waals surface area (Å²) < 4.78 is 0. The Bertz CT molecular complexity index is 3930. The summed E-state index contributed by atoms with van der Waals surface area (Å²) in [6.45, 7) is 74.6. The highest BCUT2D eigenvalue weighted by molar-refractivity contribution is 5.88. The molecule has 0 heterocycles. The summed E-state index contributed by atoms with van der Waals surface area (Å²) in [5, 5.41) is 0. The van der Waals surface area contributed by atoms with Crippen LogP contribution >= 0.6 is 0 Å². The molecule has 6 aliphatic carbocycles. The fraction of sp³-hybridized carbons (Fsp3) is 0.410. The Hall–Kier alpha value is -9.52. The lowest BCUT2D eigenvalue weighted by molar-refractivity contribution is 0.373. The molecule has 0 saturated carbocycles. The van der Waals surface area contributed by atoms with Crippen molar-refractivity contribution in [2.45, 2.75) is 259 Å². The molecule has 4 nitrogen and oxygen atoms in total. The van der Waals surface area contributed by atoms with Crippen molar-refractivity contribution in [3.05, 3.63) is 369 Å². The van der Waals surface area contributed by atoms with Gasteiger partial charge in [-0.1, -0.05) is 513 Å². The summed E-state index contributed by atoms with van der Waals surface area (Å²) in [6, 6.07) is 105. The quantitative estimate of drug-likeness (QED) is 0.150. The van der Waals surface area contributed by atoms with Crippen molar-refractivity contribution in [2.75, 3.05) is 80.5 Å². The normalized spacial score (nSPS) is 10.7. The van der Waals surface area contributed by atoms with Gasteiger partial charge in [-0.15, -0.1) is 0 Å². The molecule has 126 heavy (non-hydrogen) atoms. The monoisotopic (exact) mass is 1700 g/mol. The second-order valence-corrected chi connectivity index (χ2v) is 27.3. The summed E-state index contributed by atoms with van der Waals surface area (Å²) in [7, 11) is 8.44. The van der Waals surface area contributed by atoms with Gasteiger partial charge in [-0.3, -0.25) is 0 Å². The van der Waals surface area contributed by atoms with Gasteiger partial charge < -0.3 is 19.6 Å².